The molecule has 2 aromatic heterocycles. The molecule has 1 aliphatic heterocycles. The molecule has 10 heteroatoms. The van der Waals surface area contributed by atoms with Gasteiger partial charge in [0, 0.05) is 29.0 Å². The van der Waals surface area contributed by atoms with Gasteiger partial charge in [-0.05, 0) is 92.1 Å². The highest BCUT2D eigenvalue weighted by atomic mass is 32.2. The lowest BCUT2D eigenvalue weighted by Gasteiger charge is -2.29. The van der Waals surface area contributed by atoms with Crippen LogP contribution in [0.3, 0.4) is 0 Å². The van der Waals surface area contributed by atoms with Gasteiger partial charge in [0.25, 0.3) is 0 Å². The monoisotopic (exact) mass is 575 g/mol. The van der Waals surface area contributed by atoms with E-state index in [0.717, 1.165) is 46.7 Å². The van der Waals surface area contributed by atoms with Crippen LogP contribution in [0.15, 0.2) is 72.9 Å². The Balaban J connectivity index is 1.67. The lowest BCUT2D eigenvalue weighted by Crippen LogP contribution is -2.29. The maximum Gasteiger partial charge on any atom is 0.229 e. The minimum Gasteiger partial charge on any atom is -0.495 e. The second-order valence-electron chi connectivity index (χ2n) is 9.94. The largest absolute Gasteiger partial charge is 0.495 e. The predicted molar refractivity (Wildman–Crippen MR) is 164 cm³/mol. The number of rotatable bonds is 8. The summed E-state index contributed by atoms with van der Waals surface area (Å²) in [5.41, 5.74) is 7.59. The summed E-state index contributed by atoms with van der Waals surface area (Å²) < 4.78 is 34.5. The number of nitrogens with zero attached hydrogens (tertiary/aromatic N) is 3. The summed E-state index contributed by atoms with van der Waals surface area (Å²) in [4.78, 5) is 6.70. The highest BCUT2D eigenvalue weighted by Crippen LogP contribution is 2.45. The third kappa shape index (κ3) is 5.29. The van der Waals surface area contributed by atoms with Gasteiger partial charge in [0.1, 0.15) is 5.75 Å². The molecule has 5 rings (SSSR count). The highest BCUT2D eigenvalue weighted by Gasteiger charge is 2.42. The van der Waals surface area contributed by atoms with Crippen LogP contribution in [-0.2, 0) is 16.4 Å². The summed E-state index contributed by atoms with van der Waals surface area (Å²) in [7, 11) is -2.03. The molecule has 8 nitrogen and oxygen atoms in total. The molecular weight excluding hydrogens is 542 g/mol. The van der Waals surface area contributed by atoms with Gasteiger partial charge in [-0.1, -0.05) is 25.1 Å². The summed E-state index contributed by atoms with van der Waals surface area (Å²) in [6.07, 6.45) is 3.88. The molecule has 1 fully saturated rings. The molecule has 0 aliphatic carbocycles. The number of ether oxygens (including phenoxy) is 1. The van der Waals surface area contributed by atoms with E-state index >= 15 is 0 Å². The van der Waals surface area contributed by atoms with Crippen molar-refractivity contribution in [2.75, 3.05) is 23.0 Å². The Morgan fingerprint density at radius 1 is 1.05 bits per heavy atom. The number of pyridine rings is 1. The fourth-order valence-corrected chi connectivity index (χ4v) is 6.34. The third-order valence-electron chi connectivity index (χ3n) is 7.25. The third-order valence-corrected chi connectivity index (χ3v) is 8.15. The van der Waals surface area contributed by atoms with Crippen molar-refractivity contribution < 1.29 is 13.2 Å². The van der Waals surface area contributed by atoms with Crippen molar-refractivity contribution >= 4 is 38.7 Å². The van der Waals surface area contributed by atoms with Gasteiger partial charge in [-0.15, -0.1) is 0 Å². The van der Waals surface area contributed by atoms with E-state index in [9.17, 15) is 8.42 Å². The standard InChI is InChI=1S/C30H33N5O3S2/c1-6-21-10-12-22(13-11-21)34-19(2)17-24(20(34)3)29-28(25-9-7-8-16-31-25)32-30(39)35(29)23-14-15-27(38-4)26(18-23)33-40(5,36)37/h7-18,28-29,33H,6H2,1-5H3,(H,32,39)/t28-,29+/m0/s1. The average molecular weight is 576 g/mol. The summed E-state index contributed by atoms with van der Waals surface area (Å²) in [5.74, 6) is 0.416. The number of nitrogens with one attached hydrogen (secondary N) is 2. The molecular formula is C30H33N5O3S2. The Bertz CT molecular complexity index is 1650. The Kier molecular flexibility index (Phi) is 7.57. The van der Waals surface area contributed by atoms with Gasteiger partial charge < -0.3 is 19.5 Å². The number of thiocarbonyl (C=S) groups is 1. The molecule has 4 aromatic rings. The topological polar surface area (TPSA) is 88.5 Å². The molecule has 0 spiro atoms. The van der Waals surface area contributed by atoms with Crippen LogP contribution in [0.4, 0.5) is 11.4 Å². The van der Waals surface area contributed by atoms with Crippen LogP contribution in [-0.4, -0.2) is 36.4 Å². The van der Waals surface area contributed by atoms with E-state index in [2.05, 4.69) is 70.7 Å². The van der Waals surface area contributed by atoms with E-state index in [4.69, 9.17) is 17.0 Å². The van der Waals surface area contributed by atoms with Crippen LogP contribution >= 0.6 is 12.2 Å². The van der Waals surface area contributed by atoms with Crippen molar-refractivity contribution in [1.29, 1.82) is 0 Å². The Morgan fingerprint density at radius 3 is 2.40 bits per heavy atom. The quantitative estimate of drug-likeness (QED) is 0.264. The zero-order valence-electron chi connectivity index (χ0n) is 23.2. The van der Waals surface area contributed by atoms with Gasteiger partial charge in [-0.3, -0.25) is 9.71 Å². The number of hydrogen-bond acceptors (Lipinski definition) is 5. The number of aromatic nitrogens is 2. The normalized spacial score (nSPS) is 17.1. The number of benzene rings is 2. The second kappa shape index (κ2) is 10.9. The molecule has 2 aromatic carbocycles. The van der Waals surface area contributed by atoms with Crippen LogP contribution in [0, 0.1) is 13.8 Å². The molecule has 0 unspecified atom stereocenters. The van der Waals surface area contributed by atoms with E-state index in [1.165, 1.54) is 12.7 Å². The molecule has 0 amide bonds. The van der Waals surface area contributed by atoms with E-state index in [-0.39, 0.29) is 12.1 Å². The van der Waals surface area contributed by atoms with Gasteiger partial charge in [-0.25, -0.2) is 8.42 Å². The lowest BCUT2D eigenvalue weighted by atomic mass is 9.96. The van der Waals surface area contributed by atoms with Crippen molar-refractivity contribution in [2.24, 2.45) is 0 Å². The zero-order valence-corrected chi connectivity index (χ0v) is 24.8. The highest BCUT2D eigenvalue weighted by molar-refractivity contribution is 7.92. The molecule has 0 radical (unpaired) electrons. The fourth-order valence-electron chi connectivity index (χ4n) is 5.44. The second-order valence-corrected chi connectivity index (χ2v) is 12.1. The molecule has 2 atom stereocenters. The predicted octanol–water partition coefficient (Wildman–Crippen LogP) is 5.61. The van der Waals surface area contributed by atoms with Crippen molar-refractivity contribution in [3.05, 3.63) is 101 Å². The smallest absolute Gasteiger partial charge is 0.229 e. The van der Waals surface area contributed by atoms with Crippen LogP contribution in [0.25, 0.3) is 5.69 Å². The van der Waals surface area contributed by atoms with E-state index in [1.807, 2.05) is 29.2 Å². The van der Waals surface area contributed by atoms with Crippen molar-refractivity contribution in [3.8, 4) is 11.4 Å². The van der Waals surface area contributed by atoms with Crippen LogP contribution in [0.2, 0.25) is 0 Å². The molecule has 0 saturated carbocycles. The first-order valence-corrected chi connectivity index (χ1v) is 15.4. The van der Waals surface area contributed by atoms with Crippen LogP contribution in [0.5, 0.6) is 5.75 Å². The minimum absolute atomic E-state index is 0.237. The first-order valence-electron chi connectivity index (χ1n) is 13.1. The number of sulfonamides is 1. The molecule has 1 saturated heterocycles. The molecule has 0 bridgehead atoms. The summed E-state index contributed by atoms with van der Waals surface area (Å²) in [6.45, 7) is 6.37. The molecule has 208 valence electrons. The van der Waals surface area contributed by atoms with Gasteiger partial charge in [0.2, 0.25) is 10.0 Å². The molecule has 40 heavy (non-hydrogen) atoms. The Hall–Kier alpha value is -3.89. The maximum atomic E-state index is 12.1. The summed E-state index contributed by atoms with van der Waals surface area (Å²) >= 11 is 5.91. The van der Waals surface area contributed by atoms with Crippen molar-refractivity contribution in [1.82, 2.24) is 14.9 Å². The van der Waals surface area contributed by atoms with Gasteiger partial charge in [0.05, 0.1) is 36.8 Å². The number of anilines is 2. The minimum atomic E-state index is -3.54. The summed E-state index contributed by atoms with van der Waals surface area (Å²) in [6, 6.07) is 21.6. The number of methoxy groups -OCH3 is 1. The van der Waals surface area contributed by atoms with Crippen LogP contribution < -0.4 is 19.7 Å². The van der Waals surface area contributed by atoms with Crippen molar-refractivity contribution in [2.45, 2.75) is 39.3 Å². The number of aryl methyl sites for hydroxylation is 2. The first kappa shape index (κ1) is 27.7. The average Bonchev–Trinajstić information content (AvgIpc) is 3.43. The van der Waals surface area contributed by atoms with E-state index < -0.39 is 10.0 Å². The first-order chi connectivity index (χ1) is 19.1. The maximum absolute atomic E-state index is 12.1. The summed E-state index contributed by atoms with van der Waals surface area (Å²) in [5, 5.41) is 4.01. The molecule has 1 aliphatic rings. The zero-order chi connectivity index (χ0) is 28.6. The van der Waals surface area contributed by atoms with Crippen LogP contribution in [0.1, 0.15) is 47.2 Å². The van der Waals surface area contributed by atoms with E-state index in [0.29, 0.717) is 16.5 Å². The lowest BCUT2D eigenvalue weighted by molar-refractivity contribution is 0.417. The number of hydrogen-bond donors (Lipinski definition) is 2. The molecule has 3 heterocycles. The Labute approximate surface area is 241 Å². The van der Waals surface area contributed by atoms with Gasteiger partial charge >= 0.3 is 0 Å². The van der Waals surface area contributed by atoms with Gasteiger partial charge in [0.15, 0.2) is 5.11 Å². The van der Waals surface area contributed by atoms with E-state index in [1.54, 1.807) is 18.3 Å². The SMILES string of the molecule is CCc1ccc(-n2c(C)cc([C@@H]3[C@H](c4ccccn4)NC(=S)N3c3ccc(OC)c(NS(C)(=O)=O)c3)c2C)cc1. The molecule has 2 N–H and O–H groups in total. The Morgan fingerprint density at radius 2 is 1.77 bits per heavy atom. The van der Waals surface area contributed by atoms with Crippen molar-refractivity contribution in [3.63, 3.8) is 0 Å². The fraction of sp³-hybridized carbons (Fsp3) is 0.267. The van der Waals surface area contributed by atoms with Gasteiger partial charge in [-0.2, -0.15) is 0 Å².